The molecule has 6 heteroatoms. The van der Waals surface area contributed by atoms with E-state index in [2.05, 4.69) is 10.2 Å². The van der Waals surface area contributed by atoms with Crippen molar-refractivity contribution in [2.45, 2.75) is 0 Å². The van der Waals surface area contributed by atoms with Gasteiger partial charge < -0.3 is 14.8 Å². The van der Waals surface area contributed by atoms with Gasteiger partial charge in [0.05, 0.1) is 26.9 Å². The number of amides is 1. The first-order valence-corrected chi connectivity index (χ1v) is 6.02. The van der Waals surface area contributed by atoms with E-state index in [1.807, 2.05) is 18.2 Å². The molecule has 106 valence electrons. The van der Waals surface area contributed by atoms with Crippen LogP contribution in [0.2, 0.25) is 0 Å². The number of halogens is 1. The van der Waals surface area contributed by atoms with E-state index in [9.17, 15) is 4.79 Å². The largest absolute Gasteiger partial charge is 0.497 e. The lowest BCUT2D eigenvalue weighted by Crippen LogP contribution is -2.41. The Bertz CT molecular complexity index is 409. The van der Waals surface area contributed by atoms with E-state index in [1.165, 1.54) is 0 Å². The number of carbonyl (C=O) groups excluding carboxylic acids is 1. The van der Waals surface area contributed by atoms with E-state index in [-0.39, 0.29) is 18.3 Å². The van der Waals surface area contributed by atoms with Gasteiger partial charge in [-0.2, -0.15) is 0 Å². The summed E-state index contributed by atoms with van der Waals surface area (Å²) in [6.45, 7) is 3.43. The first kappa shape index (κ1) is 15.8. The summed E-state index contributed by atoms with van der Waals surface area (Å²) in [7, 11) is 1.61. The SMILES string of the molecule is COc1cccc(NC(=O)CN2CCOCC2)c1.Cl. The quantitative estimate of drug-likeness (QED) is 0.909. The van der Waals surface area contributed by atoms with Crippen LogP contribution in [0.5, 0.6) is 5.75 Å². The Morgan fingerprint density at radius 1 is 1.42 bits per heavy atom. The minimum absolute atomic E-state index is 0. The number of hydrogen-bond acceptors (Lipinski definition) is 4. The molecule has 1 aromatic carbocycles. The van der Waals surface area contributed by atoms with Gasteiger partial charge in [-0.15, -0.1) is 12.4 Å². The van der Waals surface area contributed by atoms with Crippen LogP contribution in [0, 0.1) is 0 Å². The van der Waals surface area contributed by atoms with Crippen molar-refractivity contribution in [2.75, 3.05) is 45.3 Å². The molecule has 0 spiro atoms. The van der Waals surface area contributed by atoms with Gasteiger partial charge in [0.15, 0.2) is 0 Å². The number of morpholine rings is 1. The summed E-state index contributed by atoms with van der Waals surface area (Å²) >= 11 is 0. The van der Waals surface area contributed by atoms with Gasteiger partial charge in [-0.3, -0.25) is 9.69 Å². The minimum atomic E-state index is -0.00912. The van der Waals surface area contributed by atoms with Gasteiger partial charge in [0.1, 0.15) is 5.75 Å². The van der Waals surface area contributed by atoms with Crippen LogP contribution in [0.15, 0.2) is 24.3 Å². The third kappa shape index (κ3) is 5.06. The Kier molecular flexibility index (Phi) is 6.62. The molecule has 5 nitrogen and oxygen atoms in total. The van der Waals surface area contributed by atoms with E-state index < -0.39 is 0 Å². The van der Waals surface area contributed by atoms with Crippen molar-refractivity contribution >= 4 is 24.0 Å². The summed E-state index contributed by atoms with van der Waals surface area (Å²) in [5.41, 5.74) is 0.757. The molecule has 1 amide bonds. The molecule has 2 rings (SSSR count). The third-order valence-corrected chi connectivity index (χ3v) is 2.82. The molecule has 19 heavy (non-hydrogen) atoms. The van der Waals surface area contributed by atoms with Crippen LogP contribution in [-0.2, 0) is 9.53 Å². The molecular formula is C13H19ClN2O3. The van der Waals surface area contributed by atoms with Crippen LogP contribution in [0.1, 0.15) is 0 Å². The number of benzene rings is 1. The van der Waals surface area contributed by atoms with Crippen LogP contribution >= 0.6 is 12.4 Å². The van der Waals surface area contributed by atoms with Crippen LogP contribution in [0.25, 0.3) is 0 Å². The lowest BCUT2D eigenvalue weighted by Gasteiger charge is -2.25. The maximum Gasteiger partial charge on any atom is 0.238 e. The zero-order chi connectivity index (χ0) is 12.8. The average Bonchev–Trinajstić information content (AvgIpc) is 2.40. The van der Waals surface area contributed by atoms with Gasteiger partial charge in [0, 0.05) is 24.8 Å². The summed E-state index contributed by atoms with van der Waals surface area (Å²) in [5, 5.41) is 2.86. The topological polar surface area (TPSA) is 50.8 Å². The summed E-state index contributed by atoms with van der Waals surface area (Å²) in [5.74, 6) is 0.726. The molecule has 0 atom stereocenters. The van der Waals surface area contributed by atoms with Crippen LogP contribution in [-0.4, -0.2) is 50.8 Å². The highest BCUT2D eigenvalue weighted by Crippen LogP contribution is 2.16. The second kappa shape index (κ2) is 7.99. The summed E-state index contributed by atoms with van der Waals surface area (Å²) in [6.07, 6.45) is 0. The van der Waals surface area contributed by atoms with Crippen molar-refractivity contribution < 1.29 is 14.3 Å². The number of nitrogens with zero attached hydrogens (tertiary/aromatic N) is 1. The fraction of sp³-hybridized carbons (Fsp3) is 0.462. The highest BCUT2D eigenvalue weighted by Gasteiger charge is 2.14. The van der Waals surface area contributed by atoms with E-state index in [0.29, 0.717) is 19.8 Å². The monoisotopic (exact) mass is 286 g/mol. The Morgan fingerprint density at radius 2 is 2.16 bits per heavy atom. The molecule has 0 unspecified atom stereocenters. The summed E-state index contributed by atoms with van der Waals surface area (Å²) < 4.78 is 10.3. The first-order valence-electron chi connectivity index (χ1n) is 6.02. The lowest BCUT2D eigenvalue weighted by molar-refractivity contribution is -0.118. The number of anilines is 1. The number of hydrogen-bond donors (Lipinski definition) is 1. The number of ether oxygens (including phenoxy) is 2. The van der Waals surface area contributed by atoms with Crippen molar-refractivity contribution in [1.82, 2.24) is 4.90 Å². The molecule has 1 N–H and O–H groups in total. The molecule has 1 heterocycles. The van der Waals surface area contributed by atoms with Crippen molar-refractivity contribution in [1.29, 1.82) is 0 Å². The molecule has 1 saturated heterocycles. The van der Waals surface area contributed by atoms with E-state index in [1.54, 1.807) is 13.2 Å². The van der Waals surface area contributed by atoms with Gasteiger partial charge in [0.2, 0.25) is 5.91 Å². The van der Waals surface area contributed by atoms with Crippen molar-refractivity contribution in [2.24, 2.45) is 0 Å². The van der Waals surface area contributed by atoms with Gasteiger partial charge in [-0.25, -0.2) is 0 Å². The fourth-order valence-electron chi connectivity index (χ4n) is 1.86. The molecule has 0 saturated carbocycles. The van der Waals surface area contributed by atoms with Crippen molar-refractivity contribution in [3.63, 3.8) is 0 Å². The Hall–Kier alpha value is -1.30. The molecule has 0 aliphatic carbocycles. The lowest BCUT2D eigenvalue weighted by atomic mass is 10.3. The predicted octanol–water partition coefficient (Wildman–Crippen LogP) is 1.39. The van der Waals surface area contributed by atoms with Crippen LogP contribution < -0.4 is 10.1 Å². The normalized spacial score (nSPS) is 15.4. The zero-order valence-corrected chi connectivity index (χ0v) is 11.7. The van der Waals surface area contributed by atoms with Gasteiger partial charge in [-0.05, 0) is 12.1 Å². The Labute approximate surface area is 119 Å². The maximum atomic E-state index is 11.8. The standard InChI is InChI=1S/C13H18N2O3.ClH/c1-17-12-4-2-3-11(9-12)14-13(16)10-15-5-7-18-8-6-15;/h2-4,9H,5-8,10H2,1H3,(H,14,16);1H. The summed E-state index contributed by atoms with van der Waals surface area (Å²) in [4.78, 5) is 13.9. The van der Waals surface area contributed by atoms with Crippen LogP contribution in [0.4, 0.5) is 5.69 Å². The van der Waals surface area contributed by atoms with E-state index in [4.69, 9.17) is 9.47 Å². The minimum Gasteiger partial charge on any atom is -0.497 e. The molecule has 0 bridgehead atoms. The summed E-state index contributed by atoms with van der Waals surface area (Å²) in [6, 6.07) is 7.35. The van der Waals surface area contributed by atoms with Gasteiger partial charge >= 0.3 is 0 Å². The zero-order valence-electron chi connectivity index (χ0n) is 10.9. The third-order valence-electron chi connectivity index (χ3n) is 2.82. The molecule has 1 aliphatic heterocycles. The average molecular weight is 287 g/mol. The first-order chi connectivity index (χ1) is 8.78. The van der Waals surface area contributed by atoms with Crippen molar-refractivity contribution in [3.8, 4) is 5.75 Å². The number of carbonyl (C=O) groups is 1. The fourth-order valence-corrected chi connectivity index (χ4v) is 1.86. The maximum absolute atomic E-state index is 11.8. The van der Waals surface area contributed by atoms with Gasteiger partial charge in [0.25, 0.3) is 0 Å². The van der Waals surface area contributed by atoms with E-state index in [0.717, 1.165) is 24.5 Å². The molecule has 1 aliphatic rings. The smallest absolute Gasteiger partial charge is 0.238 e. The molecule has 0 radical (unpaired) electrons. The van der Waals surface area contributed by atoms with Gasteiger partial charge in [-0.1, -0.05) is 6.07 Å². The van der Waals surface area contributed by atoms with E-state index >= 15 is 0 Å². The predicted molar refractivity (Wildman–Crippen MR) is 76.1 cm³/mol. The second-order valence-corrected chi connectivity index (χ2v) is 4.17. The van der Waals surface area contributed by atoms with Crippen LogP contribution in [0.3, 0.4) is 0 Å². The molecular weight excluding hydrogens is 268 g/mol. The highest BCUT2D eigenvalue weighted by molar-refractivity contribution is 5.92. The Balaban J connectivity index is 0.00000180. The Morgan fingerprint density at radius 3 is 2.84 bits per heavy atom. The number of methoxy groups -OCH3 is 1. The number of rotatable bonds is 4. The highest BCUT2D eigenvalue weighted by atomic mass is 35.5. The van der Waals surface area contributed by atoms with Crippen molar-refractivity contribution in [3.05, 3.63) is 24.3 Å². The second-order valence-electron chi connectivity index (χ2n) is 4.17. The molecule has 1 fully saturated rings. The molecule has 1 aromatic rings. The number of nitrogens with one attached hydrogen (secondary N) is 1. The molecule has 0 aromatic heterocycles.